The summed E-state index contributed by atoms with van der Waals surface area (Å²) in [6, 6.07) is 2.14. The molecular weight excluding hydrogens is 283 g/mol. The monoisotopic (exact) mass is 293 g/mol. The number of hydrogen-bond acceptors (Lipinski definition) is 4. The number of hydrogen-bond donors (Lipinski definition) is 1. The van der Waals surface area contributed by atoms with Gasteiger partial charge in [0.2, 0.25) is 0 Å². The standard InChI is InChI=1S/C11H10F3NO3S/c12-11(13,14)8-3-4-10(9(7-8)15(16)17)18-5-1-2-6-19/h1-4,7,19H,5-6H2/b2-1+. The highest BCUT2D eigenvalue weighted by molar-refractivity contribution is 7.80. The molecule has 19 heavy (non-hydrogen) atoms. The molecule has 0 spiro atoms. The van der Waals surface area contributed by atoms with Crippen LogP contribution in [0.1, 0.15) is 5.56 Å². The molecule has 0 atom stereocenters. The zero-order valence-corrected chi connectivity index (χ0v) is 10.4. The van der Waals surface area contributed by atoms with Crippen molar-refractivity contribution in [1.82, 2.24) is 0 Å². The molecule has 0 saturated carbocycles. The van der Waals surface area contributed by atoms with Crippen molar-refractivity contribution in [1.29, 1.82) is 0 Å². The van der Waals surface area contributed by atoms with Crippen molar-refractivity contribution in [2.24, 2.45) is 0 Å². The summed E-state index contributed by atoms with van der Waals surface area (Å²) >= 11 is 3.90. The number of benzene rings is 1. The maximum atomic E-state index is 12.4. The van der Waals surface area contributed by atoms with Crippen molar-refractivity contribution < 1.29 is 22.8 Å². The molecule has 0 radical (unpaired) electrons. The van der Waals surface area contributed by atoms with Crippen molar-refractivity contribution in [2.75, 3.05) is 12.4 Å². The highest BCUT2D eigenvalue weighted by Crippen LogP contribution is 2.35. The van der Waals surface area contributed by atoms with Crippen LogP contribution in [0.5, 0.6) is 5.75 Å². The van der Waals surface area contributed by atoms with E-state index in [9.17, 15) is 23.3 Å². The molecule has 1 rings (SSSR count). The third kappa shape index (κ3) is 4.47. The Bertz CT molecular complexity index is 489. The van der Waals surface area contributed by atoms with Gasteiger partial charge >= 0.3 is 11.9 Å². The minimum Gasteiger partial charge on any atom is -0.483 e. The topological polar surface area (TPSA) is 52.4 Å². The van der Waals surface area contributed by atoms with E-state index in [1.807, 2.05) is 0 Å². The van der Waals surface area contributed by atoms with Crippen LogP contribution in [0, 0.1) is 10.1 Å². The van der Waals surface area contributed by atoms with E-state index in [4.69, 9.17) is 4.74 Å². The first-order chi connectivity index (χ1) is 8.86. The Labute approximate surface area is 112 Å². The maximum Gasteiger partial charge on any atom is 0.416 e. The Balaban J connectivity index is 2.99. The summed E-state index contributed by atoms with van der Waals surface area (Å²) in [5.41, 5.74) is -1.80. The van der Waals surface area contributed by atoms with E-state index in [0.717, 1.165) is 12.1 Å². The number of nitro groups is 1. The zero-order valence-electron chi connectivity index (χ0n) is 9.55. The molecular formula is C11H10F3NO3S. The third-order valence-electron chi connectivity index (χ3n) is 2.09. The van der Waals surface area contributed by atoms with Crippen molar-refractivity contribution in [3.8, 4) is 5.75 Å². The van der Waals surface area contributed by atoms with Gasteiger partial charge in [-0.1, -0.05) is 12.2 Å². The molecule has 1 aromatic rings. The van der Waals surface area contributed by atoms with Gasteiger partial charge in [0.1, 0.15) is 6.61 Å². The van der Waals surface area contributed by atoms with Crippen LogP contribution in [0.15, 0.2) is 30.4 Å². The van der Waals surface area contributed by atoms with Crippen LogP contribution < -0.4 is 4.74 Å². The second-order valence-electron chi connectivity index (χ2n) is 3.40. The van der Waals surface area contributed by atoms with Crippen LogP contribution in [-0.4, -0.2) is 17.3 Å². The first-order valence-electron chi connectivity index (χ1n) is 5.10. The smallest absolute Gasteiger partial charge is 0.416 e. The molecule has 0 fully saturated rings. The molecule has 0 unspecified atom stereocenters. The normalized spacial score (nSPS) is 11.8. The lowest BCUT2D eigenvalue weighted by molar-refractivity contribution is -0.386. The number of nitrogens with zero attached hydrogens (tertiary/aromatic N) is 1. The van der Waals surface area contributed by atoms with E-state index in [0.29, 0.717) is 11.8 Å². The van der Waals surface area contributed by atoms with Gasteiger partial charge in [-0.25, -0.2) is 0 Å². The Morgan fingerprint density at radius 2 is 2.05 bits per heavy atom. The quantitative estimate of drug-likeness (QED) is 0.391. The first-order valence-corrected chi connectivity index (χ1v) is 5.74. The Kier molecular flexibility index (Phi) is 5.22. The lowest BCUT2D eigenvalue weighted by Gasteiger charge is -2.09. The summed E-state index contributed by atoms with van der Waals surface area (Å²) in [7, 11) is 0. The lowest BCUT2D eigenvalue weighted by atomic mass is 10.2. The summed E-state index contributed by atoms with van der Waals surface area (Å²) < 4.78 is 42.3. The van der Waals surface area contributed by atoms with Crippen molar-refractivity contribution >= 4 is 18.3 Å². The number of alkyl halides is 3. The zero-order chi connectivity index (χ0) is 14.5. The fourth-order valence-electron chi connectivity index (χ4n) is 1.24. The third-order valence-corrected chi connectivity index (χ3v) is 2.30. The van der Waals surface area contributed by atoms with Crippen molar-refractivity contribution in [3.05, 3.63) is 46.0 Å². The predicted octanol–water partition coefficient (Wildman–Crippen LogP) is 3.48. The van der Waals surface area contributed by atoms with Gasteiger partial charge in [0, 0.05) is 11.8 Å². The van der Waals surface area contributed by atoms with E-state index in [1.54, 1.807) is 12.2 Å². The van der Waals surface area contributed by atoms with Gasteiger partial charge < -0.3 is 4.74 Å². The summed E-state index contributed by atoms with van der Waals surface area (Å²) in [6.45, 7) is 0.0206. The Morgan fingerprint density at radius 1 is 1.37 bits per heavy atom. The van der Waals surface area contributed by atoms with Crippen LogP contribution >= 0.6 is 12.6 Å². The number of nitro benzene ring substituents is 1. The van der Waals surface area contributed by atoms with E-state index < -0.39 is 22.4 Å². The van der Waals surface area contributed by atoms with E-state index in [2.05, 4.69) is 12.6 Å². The summed E-state index contributed by atoms with van der Waals surface area (Å²) in [5.74, 6) is 0.264. The number of thiol groups is 1. The second-order valence-corrected chi connectivity index (χ2v) is 3.77. The molecule has 0 saturated heterocycles. The van der Waals surface area contributed by atoms with E-state index >= 15 is 0 Å². The number of rotatable bonds is 5. The van der Waals surface area contributed by atoms with Crippen LogP contribution in [0.25, 0.3) is 0 Å². The molecule has 4 nitrogen and oxygen atoms in total. The summed E-state index contributed by atoms with van der Waals surface area (Å²) in [4.78, 5) is 9.81. The molecule has 0 bridgehead atoms. The van der Waals surface area contributed by atoms with Gasteiger partial charge in [0.15, 0.2) is 5.75 Å². The van der Waals surface area contributed by atoms with Gasteiger partial charge in [-0.2, -0.15) is 25.8 Å². The average molecular weight is 293 g/mol. The minimum absolute atomic E-state index is 0.0206. The van der Waals surface area contributed by atoms with Gasteiger partial charge in [-0.05, 0) is 12.1 Å². The number of halogens is 3. The maximum absolute atomic E-state index is 12.4. The molecule has 8 heteroatoms. The molecule has 0 heterocycles. The number of ether oxygens (including phenoxy) is 1. The van der Waals surface area contributed by atoms with Gasteiger partial charge in [-0.3, -0.25) is 10.1 Å². The molecule has 0 amide bonds. The largest absolute Gasteiger partial charge is 0.483 e. The highest BCUT2D eigenvalue weighted by atomic mass is 32.1. The summed E-state index contributed by atoms with van der Waals surface area (Å²) in [6.07, 6.45) is -1.41. The SMILES string of the molecule is O=[N+]([O-])c1cc(C(F)(F)F)ccc1OC/C=C/CS. The van der Waals surface area contributed by atoms with Gasteiger partial charge in [-0.15, -0.1) is 0 Å². The molecule has 0 aromatic heterocycles. The first kappa shape index (κ1) is 15.4. The summed E-state index contributed by atoms with van der Waals surface area (Å²) in [5, 5.41) is 10.7. The Hall–Kier alpha value is -1.70. The van der Waals surface area contributed by atoms with Crippen LogP contribution in [0.4, 0.5) is 18.9 Å². The fourth-order valence-corrected chi connectivity index (χ4v) is 1.39. The molecule has 0 aliphatic rings. The highest BCUT2D eigenvalue weighted by Gasteiger charge is 2.33. The van der Waals surface area contributed by atoms with E-state index in [-0.39, 0.29) is 12.4 Å². The average Bonchev–Trinajstić information content (AvgIpc) is 2.33. The molecule has 0 aliphatic heterocycles. The van der Waals surface area contributed by atoms with Gasteiger partial charge in [0.05, 0.1) is 10.5 Å². The molecule has 0 N–H and O–H groups in total. The van der Waals surface area contributed by atoms with Gasteiger partial charge in [0.25, 0.3) is 0 Å². The molecule has 0 aliphatic carbocycles. The van der Waals surface area contributed by atoms with Crippen LogP contribution in [0.3, 0.4) is 0 Å². The Morgan fingerprint density at radius 3 is 2.58 bits per heavy atom. The van der Waals surface area contributed by atoms with E-state index in [1.165, 1.54) is 0 Å². The predicted molar refractivity (Wildman–Crippen MR) is 66.6 cm³/mol. The molecule has 1 aromatic carbocycles. The fraction of sp³-hybridized carbons (Fsp3) is 0.273. The second kappa shape index (κ2) is 6.46. The minimum atomic E-state index is -4.63. The van der Waals surface area contributed by atoms with Crippen LogP contribution in [0.2, 0.25) is 0 Å². The lowest BCUT2D eigenvalue weighted by Crippen LogP contribution is -2.06. The molecule has 104 valence electrons. The van der Waals surface area contributed by atoms with Crippen molar-refractivity contribution in [2.45, 2.75) is 6.18 Å². The van der Waals surface area contributed by atoms with Crippen LogP contribution in [-0.2, 0) is 6.18 Å². The van der Waals surface area contributed by atoms with Crippen molar-refractivity contribution in [3.63, 3.8) is 0 Å².